The lowest BCUT2D eigenvalue weighted by Gasteiger charge is -2.03. The van der Waals surface area contributed by atoms with Crippen LogP contribution in [-0.2, 0) is 6.42 Å². The Morgan fingerprint density at radius 2 is 2.40 bits per heavy atom. The van der Waals surface area contributed by atoms with Crippen LogP contribution < -0.4 is 5.32 Å². The van der Waals surface area contributed by atoms with E-state index in [0.717, 1.165) is 17.8 Å². The van der Waals surface area contributed by atoms with Crippen molar-refractivity contribution in [3.63, 3.8) is 0 Å². The van der Waals surface area contributed by atoms with Crippen molar-refractivity contribution in [1.82, 2.24) is 4.98 Å². The topological polar surface area (TPSA) is 24.9 Å². The van der Waals surface area contributed by atoms with E-state index in [9.17, 15) is 0 Å². The molecule has 1 aromatic heterocycles. The Bertz CT molecular complexity index is 185. The first-order valence-corrected chi connectivity index (χ1v) is 3.50. The van der Waals surface area contributed by atoms with Crippen molar-refractivity contribution in [2.75, 3.05) is 12.4 Å². The van der Waals surface area contributed by atoms with Crippen LogP contribution in [0.15, 0.2) is 18.3 Å². The first-order valence-electron chi connectivity index (χ1n) is 3.50. The quantitative estimate of drug-likeness (QED) is 0.669. The number of hydrogen-bond donors (Lipinski definition) is 1. The lowest BCUT2D eigenvalue weighted by molar-refractivity contribution is 1.04. The molecule has 1 rings (SSSR count). The molecule has 0 saturated heterocycles. The first kappa shape index (κ1) is 7.06. The zero-order valence-electron chi connectivity index (χ0n) is 6.39. The Morgan fingerprint density at radius 1 is 1.60 bits per heavy atom. The molecule has 2 nitrogen and oxygen atoms in total. The van der Waals surface area contributed by atoms with Gasteiger partial charge in [-0.15, -0.1) is 0 Å². The molecule has 0 atom stereocenters. The molecule has 54 valence electrons. The fourth-order valence-electron chi connectivity index (χ4n) is 0.947. The summed E-state index contributed by atoms with van der Waals surface area (Å²) in [7, 11) is 1.91. The highest BCUT2D eigenvalue weighted by Crippen LogP contribution is 2.10. The third kappa shape index (κ3) is 1.26. The van der Waals surface area contributed by atoms with Gasteiger partial charge in [0.2, 0.25) is 0 Å². The van der Waals surface area contributed by atoms with Gasteiger partial charge in [0.25, 0.3) is 0 Å². The van der Waals surface area contributed by atoms with Gasteiger partial charge in [-0.05, 0) is 18.6 Å². The maximum atomic E-state index is 4.21. The fraction of sp³-hybridized carbons (Fsp3) is 0.375. The minimum Gasteiger partial charge on any atom is -0.387 e. The fourth-order valence-corrected chi connectivity index (χ4v) is 0.947. The highest BCUT2D eigenvalue weighted by molar-refractivity contribution is 5.46. The molecule has 0 bridgehead atoms. The summed E-state index contributed by atoms with van der Waals surface area (Å²) in [5.41, 5.74) is 2.26. The molecule has 0 saturated carbocycles. The Kier molecular flexibility index (Phi) is 2.26. The van der Waals surface area contributed by atoms with Crippen LogP contribution in [0.5, 0.6) is 0 Å². The van der Waals surface area contributed by atoms with E-state index < -0.39 is 0 Å². The van der Waals surface area contributed by atoms with Gasteiger partial charge < -0.3 is 5.32 Å². The molecule has 0 aliphatic heterocycles. The summed E-state index contributed by atoms with van der Waals surface area (Å²) in [6.45, 7) is 2.10. The molecule has 0 aliphatic carbocycles. The standard InChI is InChI=1S/C8H12N2/c1-3-7-8(9-2)5-4-6-10-7/h4-6,9H,3H2,1-2H3. The van der Waals surface area contributed by atoms with E-state index in [1.165, 1.54) is 0 Å². The van der Waals surface area contributed by atoms with Crippen LogP contribution in [0.2, 0.25) is 0 Å². The SMILES string of the molecule is CCc1ncccc1NC. The Hall–Kier alpha value is -1.05. The number of anilines is 1. The van der Waals surface area contributed by atoms with Crippen molar-refractivity contribution in [2.24, 2.45) is 0 Å². The Morgan fingerprint density at radius 3 is 2.90 bits per heavy atom. The smallest absolute Gasteiger partial charge is 0.0631 e. The van der Waals surface area contributed by atoms with Gasteiger partial charge in [-0.25, -0.2) is 0 Å². The monoisotopic (exact) mass is 136 g/mol. The number of pyridine rings is 1. The summed E-state index contributed by atoms with van der Waals surface area (Å²) in [5.74, 6) is 0. The van der Waals surface area contributed by atoms with E-state index in [1.807, 2.05) is 25.4 Å². The van der Waals surface area contributed by atoms with Crippen molar-refractivity contribution in [1.29, 1.82) is 0 Å². The third-order valence-electron chi connectivity index (χ3n) is 1.49. The van der Waals surface area contributed by atoms with E-state index in [-0.39, 0.29) is 0 Å². The predicted molar refractivity (Wildman–Crippen MR) is 43.2 cm³/mol. The van der Waals surface area contributed by atoms with Gasteiger partial charge in [0.05, 0.1) is 11.4 Å². The van der Waals surface area contributed by atoms with Gasteiger partial charge >= 0.3 is 0 Å². The normalized spacial score (nSPS) is 9.40. The summed E-state index contributed by atoms with van der Waals surface area (Å²) in [6, 6.07) is 3.97. The largest absolute Gasteiger partial charge is 0.387 e. The van der Waals surface area contributed by atoms with Crippen LogP contribution in [0.25, 0.3) is 0 Å². The van der Waals surface area contributed by atoms with E-state index in [4.69, 9.17) is 0 Å². The molecule has 1 N–H and O–H groups in total. The zero-order valence-corrected chi connectivity index (χ0v) is 6.39. The van der Waals surface area contributed by atoms with Crippen LogP contribution >= 0.6 is 0 Å². The molecule has 1 heterocycles. The number of aromatic nitrogens is 1. The van der Waals surface area contributed by atoms with Crippen molar-refractivity contribution < 1.29 is 0 Å². The molecule has 0 amide bonds. The minimum absolute atomic E-state index is 0.983. The molecule has 0 spiro atoms. The van der Waals surface area contributed by atoms with Gasteiger partial charge in [0.15, 0.2) is 0 Å². The minimum atomic E-state index is 0.983. The predicted octanol–water partition coefficient (Wildman–Crippen LogP) is 1.69. The summed E-state index contributed by atoms with van der Waals surface area (Å²) in [4.78, 5) is 4.21. The second-order valence-corrected chi connectivity index (χ2v) is 2.10. The molecular formula is C8H12N2. The van der Waals surface area contributed by atoms with Crippen LogP contribution in [0.4, 0.5) is 5.69 Å². The first-order chi connectivity index (χ1) is 4.88. The Labute approximate surface area is 61.3 Å². The Balaban J connectivity index is 2.96. The maximum Gasteiger partial charge on any atom is 0.0631 e. The second kappa shape index (κ2) is 3.20. The van der Waals surface area contributed by atoms with E-state index >= 15 is 0 Å². The van der Waals surface area contributed by atoms with E-state index in [0.29, 0.717) is 0 Å². The summed E-state index contributed by atoms with van der Waals surface area (Å²) in [6.07, 6.45) is 2.80. The molecule has 0 aromatic carbocycles. The number of nitrogens with zero attached hydrogens (tertiary/aromatic N) is 1. The summed E-state index contributed by atoms with van der Waals surface area (Å²) in [5, 5.41) is 3.08. The van der Waals surface area contributed by atoms with E-state index in [2.05, 4.69) is 17.2 Å². The third-order valence-corrected chi connectivity index (χ3v) is 1.49. The van der Waals surface area contributed by atoms with Gasteiger partial charge in [-0.2, -0.15) is 0 Å². The van der Waals surface area contributed by atoms with Crippen LogP contribution in [0.1, 0.15) is 12.6 Å². The molecule has 10 heavy (non-hydrogen) atoms. The molecule has 0 unspecified atom stereocenters. The number of hydrogen-bond acceptors (Lipinski definition) is 2. The van der Waals surface area contributed by atoms with Crippen molar-refractivity contribution in [3.05, 3.63) is 24.0 Å². The lowest BCUT2D eigenvalue weighted by atomic mass is 10.2. The molecule has 1 aromatic rings. The van der Waals surface area contributed by atoms with Crippen LogP contribution in [0.3, 0.4) is 0 Å². The molecule has 0 radical (unpaired) electrons. The summed E-state index contributed by atoms with van der Waals surface area (Å²) >= 11 is 0. The van der Waals surface area contributed by atoms with E-state index in [1.54, 1.807) is 0 Å². The van der Waals surface area contributed by atoms with Gasteiger partial charge in [0.1, 0.15) is 0 Å². The van der Waals surface area contributed by atoms with Gasteiger partial charge in [0, 0.05) is 13.2 Å². The number of rotatable bonds is 2. The van der Waals surface area contributed by atoms with Crippen LogP contribution in [0, 0.1) is 0 Å². The van der Waals surface area contributed by atoms with Gasteiger partial charge in [-0.3, -0.25) is 4.98 Å². The average molecular weight is 136 g/mol. The number of nitrogens with one attached hydrogen (secondary N) is 1. The summed E-state index contributed by atoms with van der Waals surface area (Å²) < 4.78 is 0. The maximum absolute atomic E-state index is 4.21. The number of aryl methyl sites for hydroxylation is 1. The zero-order chi connectivity index (χ0) is 7.40. The van der Waals surface area contributed by atoms with Crippen molar-refractivity contribution in [2.45, 2.75) is 13.3 Å². The highest BCUT2D eigenvalue weighted by atomic mass is 14.9. The highest BCUT2D eigenvalue weighted by Gasteiger charge is 1.95. The van der Waals surface area contributed by atoms with Crippen molar-refractivity contribution >= 4 is 5.69 Å². The lowest BCUT2D eigenvalue weighted by Crippen LogP contribution is -1.95. The van der Waals surface area contributed by atoms with Crippen molar-refractivity contribution in [3.8, 4) is 0 Å². The second-order valence-electron chi connectivity index (χ2n) is 2.10. The average Bonchev–Trinajstić information content (AvgIpc) is 2.04. The molecule has 0 aliphatic rings. The van der Waals surface area contributed by atoms with Crippen LogP contribution in [-0.4, -0.2) is 12.0 Å². The molecular weight excluding hydrogens is 124 g/mol. The molecule has 0 fully saturated rings. The molecule has 2 heteroatoms. The van der Waals surface area contributed by atoms with Gasteiger partial charge in [-0.1, -0.05) is 6.92 Å².